The summed E-state index contributed by atoms with van der Waals surface area (Å²) in [5.74, 6) is 0. The molecule has 0 radical (unpaired) electrons. The average Bonchev–Trinajstić information content (AvgIpc) is 2.96. The van der Waals surface area contributed by atoms with Gasteiger partial charge >= 0.3 is 0 Å². The van der Waals surface area contributed by atoms with Crippen LogP contribution in [-0.4, -0.2) is 29.0 Å². The SMILES string of the molecule is O=S(O)c1ccccc1.Sc1nnnn1-c1ccccc1. The second-order valence-corrected chi connectivity index (χ2v) is 5.16. The molecule has 0 aliphatic heterocycles. The number of benzene rings is 2. The molecule has 21 heavy (non-hydrogen) atoms. The topological polar surface area (TPSA) is 80.9 Å². The van der Waals surface area contributed by atoms with Crippen molar-refractivity contribution in [2.24, 2.45) is 0 Å². The largest absolute Gasteiger partial charge is 0.302 e. The van der Waals surface area contributed by atoms with Gasteiger partial charge in [-0.3, -0.25) is 0 Å². The normalized spacial score (nSPS) is 11.3. The van der Waals surface area contributed by atoms with Gasteiger partial charge in [-0.15, -0.1) is 17.7 Å². The third-order valence-corrected chi connectivity index (χ3v) is 3.35. The zero-order valence-electron chi connectivity index (χ0n) is 10.8. The first-order valence-electron chi connectivity index (χ1n) is 5.87. The molecule has 0 amide bonds. The van der Waals surface area contributed by atoms with Crippen molar-refractivity contribution in [2.45, 2.75) is 10.1 Å². The minimum absolute atomic E-state index is 0.442. The first-order valence-corrected chi connectivity index (χ1v) is 7.42. The van der Waals surface area contributed by atoms with Crippen molar-refractivity contribution in [1.29, 1.82) is 0 Å². The van der Waals surface area contributed by atoms with E-state index in [4.69, 9.17) is 4.55 Å². The second kappa shape index (κ2) is 7.67. The number of thiol groups is 1. The highest BCUT2D eigenvalue weighted by Gasteiger charge is 2.01. The van der Waals surface area contributed by atoms with Gasteiger partial charge < -0.3 is 4.55 Å². The number of nitrogens with zero attached hydrogens (tertiary/aromatic N) is 4. The Morgan fingerprint density at radius 2 is 1.57 bits per heavy atom. The molecule has 108 valence electrons. The van der Waals surface area contributed by atoms with Gasteiger partial charge in [0.1, 0.15) is 0 Å². The van der Waals surface area contributed by atoms with E-state index in [0.29, 0.717) is 10.1 Å². The fourth-order valence-electron chi connectivity index (χ4n) is 1.46. The Labute approximate surface area is 129 Å². The molecule has 0 fully saturated rings. The number of tetrazole rings is 1. The summed E-state index contributed by atoms with van der Waals surface area (Å²) in [5.41, 5.74) is 0.910. The van der Waals surface area contributed by atoms with Gasteiger partial charge in [0.25, 0.3) is 0 Å². The van der Waals surface area contributed by atoms with Crippen molar-refractivity contribution < 1.29 is 8.76 Å². The number of rotatable bonds is 2. The van der Waals surface area contributed by atoms with Crippen molar-refractivity contribution in [2.75, 3.05) is 0 Å². The molecule has 0 aliphatic carbocycles. The Morgan fingerprint density at radius 1 is 1.00 bits per heavy atom. The molecule has 8 heteroatoms. The van der Waals surface area contributed by atoms with E-state index in [1.165, 1.54) is 0 Å². The van der Waals surface area contributed by atoms with Gasteiger partial charge in [-0.1, -0.05) is 36.4 Å². The summed E-state index contributed by atoms with van der Waals surface area (Å²) in [4.78, 5) is 0.442. The van der Waals surface area contributed by atoms with E-state index in [1.807, 2.05) is 30.3 Å². The molecule has 0 aliphatic rings. The standard InChI is InChI=1S/C7H6N4S.C6H6O2S/c12-7-8-9-10-11(7)6-4-2-1-3-5-6;7-9(8)6-4-2-1-3-5-6/h1-5H,(H,8,10,12);1-5H,(H,7,8). The highest BCUT2D eigenvalue weighted by Crippen LogP contribution is 2.08. The fourth-order valence-corrected chi connectivity index (χ4v) is 2.04. The van der Waals surface area contributed by atoms with E-state index in [0.717, 1.165) is 5.69 Å². The van der Waals surface area contributed by atoms with Crippen LogP contribution in [0, 0.1) is 0 Å². The lowest BCUT2D eigenvalue weighted by atomic mass is 10.3. The summed E-state index contributed by atoms with van der Waals surface area (Å²) >= 11 is 2.26. The number of aromatic nitrogens is 4. The van der Waals surface area contributed by atoms with E-state index in [2.05, 4.69) is 28.2 Å². The van der Waals surface area contributed by atoms with E-state index in [9.17, 15) is 4.21 Å². The lowest BCUT2D eigenvalue weighted by molar-refractivity contribution is 0.564. The number of para-hydroxylation sites is 1. The zero-order chi connectivity index (χ0) is 15.1. The molecule has 3 rings (SSSR count). The van der Waals surface area contributed by atoms with Crippen LogP contribution < -0.4 is 0 Å². The summed E-state index contributed by atoms with van der Waals surface area (Å²) in [7, 11) is 0. The number of hydrogen-bond donors (Lipinski definition) is 2. The Hall–Kier alpha value is -2.03. The van der Waals surface area contributed by atoms with Gasteiger partial charge in [0.2, 0.25) is 5.16 Å². The molecular weight excluding hydrogens is 308 g/mol. The predicted octanol–water partition coefficient (Wildman–Crippen LogP) is 2.22. The van der Waals surface area contributed by atoms with Crippen LogP contribution in [0.3, 0.4) is 0 Å². The van der Waals surface area contributed by atoms with Crippen LogP contribution in [0.25, 0.3) is 5.69 Å². The Balaban J connectivity index is 0.000000161. The van der Waals surface area contributed by atoms with Crippen molar-refractivity contribution in [3.05, 3.63) is 60.7 Å². The highest BCUT2D eigenvalue weighted by atomic mass is 32.2. The molecule has 0 saturated heterocycles. The molecule has 1 heterocycles. The van der Waals surface area contributed by atoms with Crippen molar-refractivity contribution in [3.8, 4) is 5.69 Å². The maximum atomic E-state index is 10.3. The molecule has 1 aromatic heterocycles. The van der Waals surface area contributed by atoms with E-state index in [1.54, 1.807) is 35.0 Å². The van der Waals surface area contributed by atoms with E-state index >= 15 is 0 Å². The van der Waals surface area contributed by atoms with E-state index < -0.39 is 11.1 Å². The van der Waals surface area contributed by atoms with Gasteiger partial charge in [-0.2, -0.15) is 4.68 Å². The molecule has 2 aromatic carbocycles. The summed E-state index contributed by atoms with van der Waals surface area (Å²) < 4.78 is 20.4. The van der Waals surface area contributed by atoms with Gasteiger partial charge in [0, 0.05) is 0 Å². The maximum Gasteiger partial charge on any atom is 0.211 e. The van der Waals surface area contributed by atoms with Crippen LogP contribution in [0.2, 0.25) is 0 Å². The van der Waals surface area contributed by atoms with Gasteiger partial charge in [-0.25, -0.2) is 4.21 Å². The summed E-state index contributed by atoms with van der Waals surface area (Å²) in [6.45, 7) is 0. The lowest BCUT2D eigenvalue weighted by Crippen LogP contribution is -1.96. The quantitative estimate of drug-likeness (QED) is 0.559. The molecule has 6 nitrogen and oxygen atoms in total. The van der Waals surface area contributed by atoms with Crippen molar-refractivity contribution >= 4 is 23.7 Å². The molecule has 1 unspecified atom stereocenters. The van der Waals surface area contributed by atoms with Gasteiger partial charge in [0.15, 0.2) is 11.1 Å². The van der Waals surface area contributed by atoms with Crippen molar-refractivity contribution in [1.82, 2.24) is 20.2 Å². The first kappa shape index (κ1) is 15.4. The summed E-state index contributed by atoms with van der Waals surface area (Å²) in [5, 5.41) is 11.4. The average molecular weight is 320 g/mol. The fraction of sp³-hybridized carbons (Fsp3) is 0. The van der Waals surface area contributed by atoms with Gasteiger partial charge in [-0.05, 0) is 34.7 Å². The van der Waals surface area contributed by atoms with Crippen molar-refractivity contribution in [3.63, 3.8) is 0 Å². The second-order valence-electron chi connectivity index (χ2n) is 3.79. The summed E-state index contributed by atoms with van der Waals surface area (Å²) in [6, 6.07) is 18.1. The van der Waals surface area contributed by atoms with Crippen LogP contribution in [0.5, 0.6) is 0 Å². The Bertz CT molecular complexity index is 704. The third-order valence-electron chi connectivity index (χ3n) is 2.40. The van der Waals surface area contributed by atoms with Gasteiger partial charge in [0.05, 0.1) is 10.6 Å². The maximum absolute atomic E-state index is 10.3. The minimum Gasteiger partial charge on any atom is -0.302 e. The molecule has 0 bridgehead atoms. The molecule has 1 N–H and O–H groups in total. The molecule has 0 saturated carbocycles. The monoisotopic (exact) mass is 320 g/mol. The van der Waals surface area contributed by atoms with Crippen LogP contribution >= 0.6 is 12.6 Å². The zero-order valence-corrected chi connectivity index (χ0v) is 12.5. The lowest BCUT2D eigenvalue weighted by Gasteiger charge is -1.98. The molecule has 0 spiro atoms. The first-order chi connectivity index (χ1) is 10.2. The Kier molecular flexibility index (Phi) is 5.61. The highest BCUT2D eigenvalue weighted by molar-refractivity contribution is 7.80. The molecule has 3 aromatic rings. The van der Waals surface area contributed by atoms with E-state index in [-0.39, 0.29) is 0 Å². The summed E-state index contributed by atoms with van der Waals surface area (Å²) in [6.07, 6.45) is 0. The van der Waals surface area contributed by atoms with Crippen LogP contribution in [0.4, 0.5) is 0 Å². The smallest absolute Gasteiger partial charge is 0.211 e. The minimum atomic E-state index is -1.83. The Morgan fingerprint density at radius 3 is 2.00 bits per heavy atom. The van der Waals surface area contributed by atoms with Crippen LogP contribution in [0.1, 0.15) is 0 Å². The molecular formula is C13H12N4O2S2. The molecule has 1 atom stereocenters. The number of hydrogen-bond acceptors (Lipinski definition) is 5. The van der Waals surface area contributed by atoms with Crippen LogP contribution in [-0.2, 0) is 11.1 Å². The third kappa shape index (κ3) is 4.48. The predicted molar refractivity (Wildman–Crippen MR) is 81.9 cm³/mol. The van der Waals surface area contributed by atoms with Crippen LogP contribution in [0.15, 0.2) is 70.7 Å².